The Kier molecular flexibility index (Phi) is 5.78. The molecule has 0 aliphatic rings. The number of rotatable bonds is 7. The van der Waals surface area contributed by atoms with E-state index in [1.165, 1.54) is 25.3 Å². The minimum Gasteiger partial charge on any atom is -0.496 e. The molecule has 1 aromatic carbocycles. The summed E-state index contributed by atoms with van der Waals surface area (Å²) >= 11 is 0. The van der Waals surface area contributed by atoms with Gasteiger partial charge in [-0.1, -0.05) is 0 Å². The molecule has 0 saturated carbocycles. The van der Waals surface area contributed by atoms with Crippen molar-refractivity contribution < 1.29 is 23.8 Å². The fourth-order valence-electron chi connectivity index (χ4n) is 1.59. The van der Waals surface area contributed by atoms with E-state index in [-0.39, 0.29) is 24.6 Å². The van der Waals surface area contributed by atoms with Crippen LogP contribution in [0.5, 0.6) is 5.75 Å². The van der Waals surface area contributed by atoms with Crippen molar-refractivity contribution in [2.75, 3.05) is 13.7 Å². The molecule has 0 fully saturated rings. The highest BCUT2D eigenvalue weighted by Crippen LogP contribution is 2.19. The molecule has 0 aliphatic carbocycles. The number of benzene rings is 1. The largest absolute Gasteiger partial charge is 0.496 e. The van der Waals surface area contributed by atoms with E-state index >= 15 is 0 Å². The zero-order valence-corrected chi connectivity index (χ0v) is 10.6. The fraction of sp³-hybridized carbons (Fsp3) is 0.385. The molecule has 104 valence electrons. The summed E-state index contributed by atoms with van der Waals surface area (Å²) in [4.78, 5) is 21.6. The lowest BCUT2D eigenvalue weighted by Crippen LogP contribution is -2.26. The molecule has 6 heteroatoms. The molecule has 2 N–H and O–H groups in total. The normalized spacial score (nSPS) is 10.0. The van der Waals surface area contributed by atoms with Crippen molar-refractivity contribution in [3.63, 3.8) is 0 Å². The number of amides is 1. The van der Waals surface area contributed by atoms with Crippen LogP contribution in [0.4, 0.5) is 4.39 Å². The van der Waals surface area contributed by atoms with Gasteiger partial charge in [-0.25, -0.2) is 4.39 Å². The van der Waals surface area contributed by atoms with E-state index < -0.39 is 5.97 Å². The Morgan fingerprint density at radius 1 is 1.37 bits per heavy atom. The maximum absolute atomic E-state index is 13.1. The number of halogens is 1. The number of carbonyl (C=O) groups excluding carboxylic acids is 1. The van der Waals surface area contributed by atoms with Crippen molar-refractivity contribution in [2.45, 2.75) is 19.3 Å². The quantitative estimate of drug-likeness (QED) is 0.783. The van der Waals surface area contributed by atoms with Crippen molar-refractivity contribution in [3.8, 4) is 5.75 Å². The molecule has 0 unspecified atom stereocenters. The van der Waals surface area contributed by atoms with Gasteiger partial charge in [0.15, 0.2) is 0 Å². The Balaban J connectivity index is 2.42. The number of hydrogen-bond acceptors (Lipinski definition) is 3. The number of hydrogen-bond donors (Lipinski definition) is 2. The van der Waals surface area contributed by atoms with Gasteiger partial charge in [-0.15, -0.1) is 0 Å². The summed E-state index contributed by atoms with van der Waals surface area (Å²) in [5.41, 5.74) is 0.654. The second-order valence-corrected chi connectivity index (χ2v) is 3.95. The summed E-state index contributed by atoms with van der Waals surface area (Å²) in [7, 11) is 1.49. The van der Waals surface area contributed by atoms with Crippen molar-refractivity contribution in [1.82, 2.24) is 5.32 Å². The van der Waals surface area contributed by atoms with Crippen LogP contribution in [0.25, 0.3) is 0 Å². The Morgan fingerprint density at radius 3 is 2.74 bits per heavy atom. The highest BCUT2D eigenvalue weighted by atomic mass is 19.1. The summed E-state index contributed by atoms with van der Waals surface area (Å²) in [6, 6.07) is 4.17. The molecule has 0 saturated heterocycles. The summed E-state index contributed by atoms with van der Waals surface area (Å²) < 4.78 is 18.2. The molecule has 0 bridgehead atoms. The standard InChI is InChI=1S/C13H16FNO4/c1-19-11-3-2-10(14)8-9(11)6-7-15-12(16)4-5-13(17)18/h2-3,8H,4-7H2,1H3,(H,15,16)(H,17,18). The third-order valence-electron chi connectivity index (χ3n) is 2.52. The Morgan fingerprint density at radius 2 is 2.11 bits per heavy atom. The SMILES string of the molecule is COc1ccc(F)cc1CCNC(=O)CCC(=O)O. The predicted octanol–water partition coefficient (Wildman–Crippen LogP) is 1.36. The van der Waals surface area contributed by atoms with Crippen LogP contribution >= 0.6 is 0 Å². The second kappa shape index (κ2) is 7.35. The molecule has 1 rings (SSSR count). The number of carboxylic acids is 1. The average Bonchev–Trinajstić information content (AvgIpc) is 2.36. The zero-order chi connectivity index (χ0) is 14.3. The first kappa shape index (κ1) is 14.9. The molecular weight excluding hydrogens is 253 g/mol. The van der Waals surface area contributed by atoms with Crippen LogP contribution in [-0.2, 0) is 16.0 Å². The van der Waals surface area contributed by atoms with Crippen LogP contribution in [-0.4, -0.2) is 30.6 Å². The van der Waals surface area contributed by atoms with Gasteiger partial charge < -0.3 is 15.2 Å². The number of nitrogens with one attached hydrogen (secondary N) is 1. The molecule has 0 heterocycles. The molecule has 0 atom stereocenters. The number of ether oxygens (including phenoxy) is 1. The number of carboxylic acid groups (broad SMARTS) is 1. The van der Waals surface area contributed by atoms with E-state index in [1.807, 2.05) is 0 Å². The van der Waals surface area contributed by atoms with Gasteiger partial charge in [0.25, 0.3) is 0 Å². The van der Waals surface area contributed by atoms with Crippen molar-refractivity contribution in [2.24, 2.45) is 0 Å². The summed E-state index contributed by atoms with van der Waals surface area (Å²) in [6.45, 7) is 0.304. The van der Waals surface area contributed by atoms with Gasteiger partial charge in [0.05, 0.1) is 13.5 Å². The van der Waals surface area contributed by atoms with E-state index in [4.69, 9.17) is 9.84 Å². The third-order valence-corrected chi connectivity index (χ3v) is 2.52. The molecule has 1 amide bonds. The van der Waals surface area contributed by atoms with E-state index in [9.17, 15) is 14.0 Å². The number of aliphatic carboxylic acids is 1. The lowest BCUT2D eigenvalue weighted by atomic mass is 10.1. The van der Waals surface area contributed by atoms with Crippen LogP contribution in [0.1, 0.15) is 18.4 Å². The molecule has 0 aliphatic heterocycles. The molecule has 0 aromatic heterocycles. The van der Waals surface area contributed by atoms with Crippen molar-refractivity contribution in [3.05, 3.63) is 29.6 Å². The van der Waals surface area contributed by atoms with Crippen LogP contribution in [0.3, 0.4) is 0 Å². The molecule has 0 spiro atoms. The van der Waals surface area contributed by atoms with Crippen LogP contribution in [0.15, 0.2) is 18.2 Å². The Labute approximate surface area is 110 Å². The third kappa shape index (κ3) is 5.37. The molecule has 0 radical (unpaired) electrons. The van der Waals surface area contributed by atoms with Gasteiger partial charge in [-0.05, 0) is 30.2 Å². The average molecular weight is 269 g/mol. The molecular formula is C13H16FNO4. The van der Waals surface area contributed by atoms with E-state index in [2.05, 4.69) is 5.32 Å². The Hall–Kier alpha value is -2.11. The highest BCUT2D eigenvalue weighted by Gasteiger charge is 2.07. The summed E-state index contributed by atoms with van der Waals surface area (Å²) in [6.07, 6.45) is 0.157. The monoisotopic (exact) mass is 269 g/mol. The van der Waals surface area contributed by atoms with Gasteiger partial charge in [0.2, 0.25) is 5.91 Å². The summed E-state index contributed by atoms with van der Waals surface area (Å²) in [5, 5.41) is 11.0. The first-order chi connectivity index (χ1) is 9.02. The number of methoxy groups -OCH3 is 1. The maximum atomic E-state index is 13.1. The van der Waals surface area contributed by atoms with Gasteiger partial charge in [0, 0.05) is 13.0 Å². The first-order valence-corrected chi connectivity index (χ1v) is 5.84. The van der Waals surface area contributed by atoms with Gasteiger partial charge in [-0.2, -0.15) is 0 Å². The molecule has 5 nitrogen and oxygen atoms in total. The van der Waals surface area contributed by atoms with Gasteiger partial charge in [-0.3, -0.25) is 9.59 Å². The number of carbonyl (C=O) groups is 2. The van der Waals surface area contributed by atoms with Crippen LogP contribution < -0.4 is 10.1 Å². The fourth-order valence-corrected chi connectivity index (χ4v) is 1.59. The minimum absolute atomic E-state index is 0.0599. The maximum Gasteiger partial charge on any atom is 0.303 e. The van der Waals surface area contributed by atoms with Gasteiger partial charge >= 0.3 is 5.97 Å². The van der Waals surface area contributed by atoms with Gasteiger partial charge in [0.1, 0.15) is 11.6 Å². The lowest BCUT2D eigenvalue weighted by Gasteiger charge is -2.09. The first-order valence-electron chi connectivity index (χ1n) is 5.84. The lowest BCUT2D eigenvalue weighted by molar-refractivity contribution is -0.138. The van der Waals surface area contributed by atoms with E-state index in [0.717, 1.165) is 0 Å². The molecule has 19 heavy (non-hydrogen) atoms. The van der Waals surface area contributed by atoms with E-state index in [1.54, 1.807) is 0 Å². The predicted molar refractivity (Wildman–Crippen MR) is 66.5 cm³/mol. The topological polar surface area (TPSA) is 75.6 Å². The highest BCUT2D eigenvalue weighted by molar-refractivity contribution is 5.80. The Bertz CT molecular complexity index is 462. The zero-order valence-electron chi connectivity index (χ0n) is 10.6. The smallest absolute Gasteiger partial charge is 0.303 e. The second-order valence-electron chi connectivity index (χ2n) is 3.95. The summed E-state index contributed by atoms with van der Waals surface area (Å²) in [5.74, 6) is -1.16. The van der Waals surface area contributed by atoms with Crippen LogP contribution in [0, 0.1) is 5.82 Å². The van der Waals surface area contributed by atoms with Crippen molar-refractivity contribution in [1.29, 1.82) is 0 Å². The van der Waals surface area contributed by atoms with Crippen LogP contribution in [0.2, 0.25) is 0 Å². The van der Waals surface area contributed by atoms with Crippen molar-refractivity contribution >= 4 is 11.9 Å². The van der Waals surface area contributed by atoms with E-state index in [0.29, 0.717) is 24.3 Å². The minimum atomic E-state index is -1.01. The molecule has 1 aromatic rings.